The van der Waals surface area contributed by atoms with Gasteiger partial charge in [0, 0.05) is 25.7 Å². The monoisotopic (exact) mass is 280 g/mol. The Morgan fingerprint density at radius 2 is 2.00 bits per heavy atom. The van der Waals surface area contributed by atoms with E-state index in [0.29, 0.717) is 42.9 Å². The summed E-state index contributed by atoms with van der Waals surface area (Å²) in [5, 5.41) is 0. The maximum absolute atomic E-state index is 13.0. The minimum Gasteiger partial charge on any atom is -0.383 e. The highest BCUT2D eigenvalue weighted by Gasteiger charge is 2.51. The lowest BCUT2D eigenvalue weighted by Crippen LogP contribution is -2.51. The molecule has 0 aromatic heterocycles. The standard InChI is InChI=1S/C16H28N2O2/c1-10(11-3-4-11)18(7-8-20-2)16(19)14-12-5-6-13(9-12)15(14)17/h10-15H,3-9,17H2,1-2H3. The smallest absolute Gasteiger partial charge is 0.227 e. The normalized spacial score (nSPS) is 37.1. The molecular weight excluding hydrogens is 252 g/mol. The molecule has 0 aliphatic heterocycles. The summed E-state index contributed by atoms with van der Waals surface area (Å²) in [5.41, 5.74) is 6.34. The number of nitrogens with two attached hydrogens (primary N) is 1. The second kappa shape index (κ2) is 5.64. The molecule has 0 heterocycles. The first-order valence-corrected chi connectivity index (χ1v) is 8.18. The summed E-state index contributed by atoms with van der Waals surface area (Å²) in [7, 11) is 1.70. The van der Waals surface area contributed by atoms with Crippen molar-refractivity contribution in [1.82, 2.24) is 4.90 Å². The van der Waals surface area contributed by atoms with Gasteiger partial charge in [-0.2, -0.15) is 0 Å². The Bertz CT molecular complexity index is 367. The molecule has 4 heteroatoms. The molecule has 5 unspecified atom stereocenters. The van der Waals surface area contributed by atoms with Crippen molar-refractivity contribution in [2.24, 2.45) is 29.4 Å². The van der Waals surface area contributed by atoms with Gasteiger partial charge >= 0.3 is 0 Å². The van der Waals surface area contributed by atoms with Gasteiger partial charge in [0.2, 0.25) is 5.91 Å². The third-order valence-electron chi connectivity index (χ3n) is 5.88. The predicted molar refractivity (Wildman–Crippen MR) is 78.1 cm³/mol. The fraction of sp³-hybridized carbons (Fsp3) is 0.938. The third kappa shape index (κ3) is 2.48. The molecule has 3 aliphatic carbocycles. The van der Waals surface area contributed by atoms with Gasteiger partial charge in [0.05, 0.1) is 12.5 Å². The average molecular weight is 280 g/mol. The number of methoxy groups -OCH3 is 1. The van der Waals surface area contributed by atoms with E-state index in [4.69, 9.17) is 10.5 Å². The van der Waals surface area contributed by atoms with E-state index in [1.54, 1.807) is 7.11 Å². The predicted octanol–water partition coefficient (Wildman–Crippen LogP) is 1.63. The van der Waals surface area contributed by atoms with Gasteiger partial charge < -0.3 is 15.4 Å². The first kappa shape index (κ1) is 14.3. The molecule has 0 saturated heterocycles. The molecule has 5 atom stereocenters. The molecule has 3 fully saturated rings. The van der Waals surface area contributed by atoms with Gasteiger partial charge in [-0.1, -0.05) is 0 Å². The number of hydrogen-bond donors (Lipinski definition) is 1. The lowest BCUT2D eigenvalue weighted by atomic mass is 9.83. The van der Waals surface area contributed by atoms with Crippen molar-refractivity contribution in [2.45, 2.75) is 51.1 Å². The SMILES string of the molecule is COCCN(C(=O)C1C2CCC(C2)C1N)C(C)C1CC1. The molecule has 2 N–H and O–H groups in total. The Morgan fingerprint density at radius 1 is 1.30 bits per heavy atom. The van der Waals surface area contributed by atoms with Crippen LogP contribution in [-0.4, -0.2) is 43.2 Å². The van der Waals surface area contributed by atoms with Crippen LogP contribution in [0.4, 0.5) is 0 Å². The maximum Gasteiger partial charge on any atom is 0.227 e. The molecule has 2 bridgehead atoms. The summed E-state index contributed by atoms with van der Waals surface area (Å²) in [5.74, 6) is 2.21. The highest BCUT2D eigenvalue weighted by atomic mass is 16.5. The lowest BCUT2D eigenvalue weighted by Gasteiger charge is -2.36. The van der Waals surface area contributed by atoms with Crippen LogP contribution in [0.25, 0.3) is 0 Å². The number of ether oxygens (including phenoxy) is 1. The molecule has 114 valence electrons. The van der Waals surface area contributed by atoms with Crippen LogP contribution in [-0.2, 0) is 9.53 Å². The summed E-state index contributed by atoms with van der Waals surface area (Å²) in [6, 6.07) is 0.446. The van der Waals surface area contributed by atoms with Crippen LogP contribution in [0.2, 0.25) is 0 Å². The summed E-state index contributed by atoms with van der Waals surface area (Å²) in [6.07, 6.45) is 6.13. The van der Waals surface area contributed by atoms with E-state index in [1.807, 2.05) is 0 Å². The molecule has 20 heavy (non-hydrogen) atoms. The molecule has 1 amide bonds. The molecule has 3 saturated carbocycles. The minimum absolute atomic E-state index is 0.0757. The highest BCUT2D eigenvalue weighted by molar-refractivity contribution is 5.81. The van der Waals surface area contributed by atoms with Gasteiger partial charge in [-0.3, -0.25) is 4.79 Å². The molecule has 4 nitrogen and oxygen atoms in total. The number of hydrogen-bond acceptors (Lipinski definition) is 3. The van der Waals surface area contributed by atoms with E-state index < -0.39 is 0 Å². The van der Waals surface area contributed by atoms with E-state index in [9.17, 15) is 4.79 Å². The van der Waals surface area contributed by atoms with Gasteiger partial charge in [-0.05, 0) is 56.8 Å². The maximum atomic E-state index is 13.0. The summed E-state index contributed by atoms with van der Waals surface area (Å²) in [6.45, 7) is 3.54. The van der Waals surface area contributed by atoms with Crippen molar-refractivity contribution < 1.29 is 9.53 Å². The van der Waals surface area contributed by atoms with Crippen molar-refractivity contribution in [3.05, 3.63) is 0 Å². The Balaban J connectivity index is 1.70. The topological polar surface area (TPSA) is 55.6 Å². The molecule has 3 aliphatic rings. The zero-order valence-electron chi connectivity index (χ0n) is 12.8. The second-order valence-corrected chi connectivity index (χ2v) is 7.04. The molecule has 0 radical (unpaired) electrons. The number of fused-ring (bicyclic) bond motifs is 2. The first-order valence-electron chi connectivity index (χ1n) is 8.18. The molecule has 3 rings (SSSR count). The Labute approximate surface area is 122 Å². The number of amides is 1. The minimum atomic E-state index is 0.0757. The zero-order chi connectivity index (χ0) is 14.3. The first-order chi connectivity index (χ1) is 9.63. The Hall–Kier alpha value is -0.610. The van der Waals surface area contributed by atoms with Gasteiger partial charge in [-0.15, -0.1) is 0 Å². The van der Waals surface area contributed by atoms with Crippen LogP contribution in [0.3, 0.4) is 0 Å². The fourth-order valence-electron chi connectivity index (χ4n) is 4.43. The van der Waals surface area contributed by atoms with E-state index in [0.717, 1.165) is 0 Å². The van der Waals surface area contributed by atoms with Crippen molar-refractivity contribution in [1.29, 1.82) is 0 Å². The number of carbonyl (C=O) groups is 1. The highest BCUT2D eigenvalue weighted by Crippen LogP contribution is 2.48. The quantitative estimate of drug-likeness (QED) is 0.804. The van der Waals surface area contributed by atoms with Gasteiger partial charge in [0.1, 0.15) is 0 Å². The largest absolute Gasteiger partial charge is 0.383 e. The van der Waals surface area contributed by atoms with E-state index in [1.165, 1.54) is 32.1 Å². The third-order valence-corrected chi connectivity index (χ3v) is 5.88. The fourth-order valence-corrected chi connectivity index (χ4v) is 4.43. The van der Waals surface area contributed by atoms with Crippen molar-refractivity contribution in [3.63, 3.8) is 0 Å². The zero-order valence-corrected chi connectivity index (χ0v) is 12.8. The van der Waals surface area contributed by atoms with Crippen LogP contribution in [0.1, 0.15) is 39.0 Å². The molecule has 0 spiro atoms. The van der Waals surface area contributed by atoms with Crippen LogP contribution in [0, 0.1) is 23.7 Å². The summed E-state index contributed by atoms with van der Waals surface area (Å²) < 4.78 is 5.20. The number of carbonyl (C=O) groups excluding carboxylic acids is 1. The Morgan fingerprint density at radius 3 is 2.55 bits per heavy atom. The van der Waals surface area contributed by atoms with E-state index >= 15 is 0 Å². The van der Waals surface area contributed by atoms with E-state index in [-0.39, 0.29) is 12.0 Å². The summed E-state index contributed by atoms with van der Waals surface area (Å²) >= 11 is 0. The van der Waals surface area contributed by atoms with Gasteiger partial charge in [0.25, 0.3) is 0 Å². The number of nitrogens with zero attached hydrogens (tertiary/aromatic N) is 1. The summed E-state index contributed by atoms with van der Waals surface area (Å²) in [4.78, 5) is 15.1. The Kier molecular flexibility index (Phi) is 4.04. The molecular formula is C16H28N2O2. The van der Waals surface area contributed by atoms with Crippen LogP contribution >= 0.6 is 0 Å². The van der Waals surface area contributed by atoms with Crippen molar-refractivity contribution in [2.75, 3.05) is 20.3 Å². The molecule has 0 aromatic rings. The van der Waals surface area contributed by atoms with E-state index in [2.05, 4.69) is 11.8 Å². The second-order valence-electron chi connectivity index (χ2n) is 7.04. The molecule has 0 aromatic carbocycles. The van der Waals surface area contributed by atoms with Gasteiger partial charge in [0.15, 0.2) is 0 Å². The van der Waals surface area contributed by atoms with Crippen molar-refractivity contribution in [3.8, 4) is 0 Å². The van der Waals surface area contributed by atoms with Crippen LogP contribution < -0.4 is 5.73 Å². The van der Waals surface area contributed by atoms with Crippen LogP contribution in [0.5, 0.6) is 0 Å². The van der Waals surface area contributed by atoms with Crippen molar-refractivity contribution >= 4 is 5.91 Å². The lowest BCUT2D eigenvalue weighted by molar-refractivity contribution is -0.141. The number of rotatable bonds is 6. The van der Waals surface area contributed by atoms with Crippen LogP contribution in [0.15, 0.2) is 0 Å². The van der Waals surface area contributed by atoms with Gasteiger partial charge in [-0.25, -0.2) is 0 Å². The average Bonchev–Trinajstić information content (AvgIpc) is 3.11.